The number of nitrogens with zero attached hydrogens (tertiary/aromatic N) is 1. The normalized spacial score (nSPS) is 10.2. The number of primary amides is 1. The van der Waals surface area contributed by atoms with Gasteiger partial charge in [-0.15, -0.1) is 0 Å². The smallest absolute Gasteiger partial charge is 0.335 e. The summed E-state index contributed by atoms with van der Waals surface area (Å²) in [5.74, 6) is -1.44. The molecule has 1 aromatic carbocycles. The van der Waals surface area contributed by atoms with Crippen LogP contribution in [0.2, 0.25) is 0 Å². The largest absolute Gasteiger partial charge is 0.478 e. The average Bonchev–Trinajstić information content (AvgIpc) is 2.37. The van der Waals surface area contributed by atoms with E-state index >= 15 is 0 Å². The number of urea groups is 1. The van der Waals surface area contributed by atoms with Crippen molar-refractivity contribution >= 4 is 23.6 Å². The second-order valence-corrected chi connectivity index (χ2v) is 5.05. The first-order valence-corrected chi connectivity index (χ1v) is 6.47. The Bertz CT molecular complexity index is 526. The van der Waals surface area contributed by atoms with Crippen LogP contribution in [0.4, 0.5) is 10.5 Å². The molecular formula is C14H19N3O4. The number of nitrogens with two attached hydrogens (primary N) is 1. The van der Waals surface area contributed by atoms with E-state index in [9.17, 15) is 14.4 Å². The molecule has 0 atom stereocenters. The second-order valence-electron chi connectivity index (χ2n) is 5.05. The molecule has 1 rings (SSSR count). The zero-order chi connectivity index (χ0) is 16.0. The van der Waals surface area contributed by atoms with Gasteiger partial charge in [-0.05, 0) is 30.2 Å². The maximum atomic E-state index is 12.1. The van der Waals surface area contributed by atoms with Gasteiger partial charge in [-0.2, -0.15) is 0 Å². The molecule has 0 spiro atoms. The Kier molecular flexibility index (Phi) is 5.71. The van der Waals surface area contributed by atoms with Gasteiger partial charge in [-0.3, -0.25) is 4.79 Å². The van der Waals surface area contributed by atoms with Gasteiger partial charge in [0.25, 0.3) is 0 Å². The number of rotatable bonds is 6. The minimum absolute atomic E-state index is 0.129. The molecule has 0 heterocycles. The van der Waals surface area contributed by atoms with Gasteiger partial charge in [-0.25, -0.2) is 9.59 Å². The summed E-state index contributed by atoms with van der Waals surface area (Å²) in [6.45, 7) is 4.06. The first-order chi connectivity index (χ1) is 9.79. The van der Waals surface area contributed by atoms with Crippen molar-refractivity contribution < 1.29 is 19.5 Å². The molecular weight excluding hydrogens is 274 g/mol. The van der Waals surface area contributed by atoms with E-state index < -0.39 is 17.9 Å². The molecule has 0 radical (unpaired) electrons. The number of amides is 3. The van der Waals surface area contributed by atoms with Crippen LogP contribution in [0.1, 0.15) is 24.2 Å². The van der Waals surface area contributed by atoms with Crippen LogP contribution in [0.3, 0.4) is 0 Å². The molecule has 7 heteroatoms. The highest BCUT2D eigenvalue weighted by Crippen LogP contribution is 2.11. The topological polar surface area (TPSA) is 113 Å². The Morgan fingerprint density at radius 1 is 1.24 bits per heavy atom. The van der Waals surface area contributed by atoms with Crippen LogP contribution in [0.5, 0.6) is 0 Å². The highest BCUT2D eigenvalue weighted by molar-refractivity contribution is 5.93. The lowest BCUT2D eigenvalue weighted by atomic mass is 10.2. The molecule has 1 aromatic rings. The summed E-state index contributed by atoms with van der Waals surface area (Å²) in [6, 6.07) is 5.29. The van der Waals surface area contributed by atoms with E-state index in [1.165, 1.54) is 29.2 Å². The van der Waals surface area contributed by atoms with E-state index in [1.807, 2.05) is 13.8 Å². The van der Waals surface area contributed by atoms with Crippen LogP contribution in [0, 0.1) is 5.92 Å². The third-order valence-electron chi connectivity index (χ3n) is 2.60. The van der Waals surface area contributed by atoms with Crippen LogP contribution in [-0.2, 0) is 4.79 Å². The molecule has 0 aliphatic rings. The zero-order valence-corrected chi connectivity index (χ0v) is 12.0. The van der Waals surface area contributed by atoms with Crippen molar-refractivity contribution in [3.8, 4) is 0 Å². The molecule has 0 unspecified atom stereocenters. The van der Waals surface area contributed by atoms with Crippen molar-refractivity contribution in [3.63, 3.8) is 0 Å². The number of anilines is 1. The number of benzene rings is 1. The number of hydrogen-bond donors (Lipinski definition) is 3. The van der Waals surface area contributed by atoms with Gasteiger partial charge >= 0.3 is 12.0 Å². The lowest BCUT2D eigenvalue weighted by Crippen LogP contribution is -2.42. The number of aromatic carboxylic acids is 1. The van der Waals surface area contributed by atoms with Gasteiger partial charge in [0.2, 0.25) is 5.91 Å². The fraction of sp³-hybridized carbons (Fsp3) is 0.357. The minimum atomic E-state index is -1.04. The van der Waals surface area contributed by atoms with Crippen molar-refractivity contribution in [2.24, 2.45) is 11.7 Å². The number of carboxylic acid groups (broad SMARTS) is 1. The van der Waals surface area contributed by atoms with Gasteiger partial charge in [-0.1, -0.05) is 13.8 Å². The lowest BCUT2D eigenvalue weighted by Gasteiger charge is -2.23. The quantitative estimate of drug-likeness (QED) is 0.735. The van der Waals surface area contributed by atoms with Crippen LogP contribution in [-0.4, -0.2) is 41.0 Å². The standard InChI is InChI=1S/C14H19N3O4/c1-9(2)7-17(8-12(15)18)14(21)16-11-5-3-10(4-6-11)13(19)20/h3-6,9H,7-8H2,1-2H3,(H2,15,18)(H,16,21)(H,19,20). The van der Waals surface area contributed by atoms with Crippen LogP contribution in [0.25, 0.3) is 0 Å². The monoisotopic (exact) mass is 293 g/mol. The number of nitrogens with one attached hydrogen (secondary N) is 1. The Balaban J connectivity index is 2.75. The molecule has 0 saturated heterocycles. The summed E-state index contributed by atoms with van der Waals surface area (Å²) in [6.07, 6.45) is 0. The molecule has 114 valence electrons. The Labute approximate surface area is 122 Å². The maximum Gasteiger partial charge on any atom is 0.335 e. The SMILES string of the molecule is CC(C)CN(CC(N)=O)C(=O)Nc1ccc(C(=O)O)cc1. The highest BCUT2D eigenvalue weighted by atomic mass is 16.4. The van der Waals surface area contributed by atoms with Crippen molar-refractivity contribution in [1.82, 2.24) is 4.90 Å². The first kappa shape index (κ1) is 16.5. The number of carboxylic acids is 1. The molecule has 0 aromatic heterocycles. The van der Waals surface area contributed by atoms with Crippen molar-refractivity contribution in [1.29, 1.82) is 0 Å². The summed E-state index contributed by atoms with van der Waals surface area (Å²) >= 11 is 0. The molecule has 0 saturated carbocycles. The lowest BCUT2D eigenvalue weighted by molar-refractivity contribution is -0.118. The van der Waals surface area contributed by atoms with E-state index in [2.05, 4.69) is 5.32 Å². The second kappa shape index (κ2) is 7.28. The Morgan fingerprint density at radius 3 is 2.24 bits per heavy atom. The number of carbonyl (C=O) groups is 3. The number of hydrogen-bond acceptors (Lipinski definition) is 3. The fourth-order valence-corrected chi connectivity index (χ4v) is 1.75. The van der Waals surface area contributed by atoms with Gasteiger partial charge in [0.05, 0.1) is 5.56 Å². The molecule has 0 fully saturated rings. The van der Waals surface area contributed by atoms with Crippen LogP contribution >= 0.6 is 0 Å². The molecule has 21 heavy (non-hydrogen) atoms. The fourth-order valence-electron chi connectivity index (χ4n) is 1.75. The average molecular weight is 293 g/mol. The maximum absolute atomic E-state index is 12.1. The molecule has 0 bridgehead atoms. The predicted octanol–water partition coefficient (Wildman–Crippen LogP) is 1.36. The van der Waals surface area contributed by atoms with E-state index in [0.29, 0.717) is 12.2 Å². The van der Waals surface area contributed by atoms with Gasteiger partial charge < -0.3 is 21.1 Å². The predicted molar refractivity (Wildman–Crippen MR) is 78.0 cm³/mol. The minimum Gasteiger partial charge on any atom is -0.478 e. The highest BCUT2D eigenvalue weighted by Gasteiger charge is 2.17. The van der Waals surface area contributed by atoms with E-state index in [4.69, 9.17) is 10.8 Å². The zero-order valence-electron chi connectivity index (χ0n) is 12.0. The summed E-state index contributed by atoms with van der Waals surface area (Å²) in [5.41, 5.74) is 5.70. The van der Waals surface area contributed by atoms with Crippen molar-refractivity contribution in [2.45, 2.75) is 13.8 Å². The van der Waals surface area contributed by atoms with Gasteiger partial charge in [0.1, 0.15) is 6.54 Å². The van der Waals surface area contributed by atoms with E-state index in [1.54, 1.807) is 0 Å². The van der Waals surface area contributed by atoms with E-state index in [0.717, 1.165) is 0 Å². The van der Waals surface area contributed by atoms with Gasteiger partial charge in [0, 0.05) is 12.2 Å². The van der Waals surface area contributed by atoms with Crippen molar-refractivity contribution in [2.75, 3.05) is 18.4 Å². The number of carbonyl (C=O) groups excluding carboxylic acids is 2. The molecule has 3 amide bonds. The Hall–Kier alpha value is -2.57. The van der Waals surface area contributed by atoms with E-state index in [-0.39, 0.29) is 18.0 Å². The third-order valence-corrected chi connectivity index (χ3v) is 2.60. The summed E-state index contributed by atoms with van der Waals surface area (Å²) in [7, 11) is 0. The summed E-state index contributed by atoms with van der Waals surface area (Å²) in [4.78, 5) is 35.2. The van der Waals surface area contributed by atoms with Crippen molar-refractivity contribution in [3.05, 3.63) is 29.8 Å². The first-order valence-electron chi connectivity index (χ1n) is 6.47. The van der Waals surface area contributed by atoms with Gasteiger partial charge in [0.15, 0.2) is 0 Å². The summed E-state index contributed by atoms with van der Waals surface area (Å²) in [5, 5.41) is 11.4. The molecule has 0 aliphatic heterocycles. The molecule has 7 nitrogen and oxygen atoms in total. The molecule has 0 aliphatic carbocycles. The Morgan fingerprint density at radius 2 is 1.81 bits per heavy atom. The third kappa shape index (κ3) is 5.52. The summed E-state index contributed by atoms with van der Waals surface area (Å²) < 4.78 is 0. The van der Waals surface area contributed by atoms with Crippen LogP contribution in [0.15, 0.2) is 24.3 Å². The molecule has 4 N–H and O–H groups in total. The van der Waals surface area contributed by atoms with Crippen LogP contribution < -0.4 is 11.1 Å².